The van der Waals surface area contributed by atoms with Crippen LogP contribution in [0.3, 0.4) is 0 Å². The molecule has 0 spiro atoms. The third-order valence-electron chi connectivity index (χ3n) is 2.34. The Morgan fingerprint density at radius 3 is 2.47 bits per heavy atom. The fourth-order valence-electron chi connectivity index (χ4n) is 1.44. The molecule has 8 heteroatoms. The highest BCUT2D eigenvalue weighted by atomic mass is 32.2. The lowest BCUT2D eigenvalue weighted by atomic mass is 10.3. The number of sulfone groups is 1. The highest BCUT2D eigenvalue weighted by Crippen LogP contribution is 2.34. The van der Waals surface area contributed by atoms with E-state index in [1.807, 2.05) is 19.0 Å². The summed E-state index contributed by atoms with van der Waals surface area (Å²) < 4.78 is 23.1. The van der Waals surface area contributed by atoms with Crippen molar-refractivity contribution < 1.29 is 13.3 Å². The molecule has 0 N–H and O–H groups in total. The summed E-state index contributed by atoms with van der Waals surface area (Å²) >= 11 is 1.29. The van der Waals surface area contributed by atoms with Crippen LogP contribution in [0.4, 0.5) is 5.69 Å². The summed E-state index contributed by atoms with van der Waals surface area (Å²) in [6.07, 6.45) is 0.976. The molecule has 106 valence electrons. The summed E-state index contributed by atoms with van der Waals surface area (Å²) in [5.74, 6) is 0.654. The van der Waals surface area contributed by atoms with Gasteiger partial charge in [-0.25, -0.2) is 8.42 Å². The second-order valence-electron chi connectivity index (χ2n) is 4.28. The van der Waals surface area contributed by atoms with Crippen LogP contribution in [0.2, 0.25) is 0 Å². The minimum atomic E-state index is -3.61. The molecule has 0 amide bonds. The number of benzene rings is 1. The SMILES string of the molecule is CN(C)CCSc1cccc(S(C)(=O)=O)c1[N+](=O)[O-]. The predicted molar refractivity (Wildman–Crippen MR) is 75.5 cm³/mol. The molecule has 0 atom stereocenters. The van der Waals surface area contributed by atoms with Crippen LogP contribution in [0, 0.1) is 10.1 Å². The van der Waals surface area contributed by atoms with Crippen LogP contribution in [0.25, 0.3) is 0 Å². The molecule has 0 aliphatic rings. The van der Waals surface area contributed by atoms with E-state index in [0.717, 1.165) is 12.8 Å². The van der Waals surface area contributed by atoms with E-state index in [1.165, 1.54) is 23.9 Å². The molecule has 19 heavy (non-hydrogen) atoms. The van der Waals surface area contributed by atoms with E-state index in [9.17, 15) is 18.5 Å². The van der Waals surface area contributed by atoms with Gasteiger partial charge in [-0.15, -0.1) is 11.8 Å². The van der Waals surface area contributed by atoms with Gasteiger partial charge in [0.2, 0.25) is 0 Å². The molecule has 0 saturated heterocycles. The average molecular weight is 304 g/mol. The van der Waals surface area contributed by atoms with Crippen molar-refractivity contribution in [1.82, 2.24) is 4.90 Å². The molecule has 0 bridgehead atoms. The lowest BCUT2D eigenvalue weighted by molar-refractivity contribution is -0.390. The van der Waals surface area contributed by atoms with E-state index in [1.54, 1.807) is 6.07 Å². The molecule has 0 saturated carbocycles. The Labute approximate surface area is 116 Å². The molecule has 0 fully saturated rings. The van der Waals surface area contributed by atoms with Crippen molar-refractivity contribution in [2.75, 3.05) is 32.6 Å². The summed E-state index contributed by atoms with van der Waals surface area (Å²) in [5, 5.41) is 11.1. The van der Waals surface area contributed by atoms with Crippen LogP contribution < -0.4 is 0 Å². The van der Waals surface area contributed by atoms with E-state index in [-0.39, 0.29) is 10.6 Å². The molecule has 0 radical (unpaired) electrons. The van der Waals surface area contributed by atoms with Gasteiger partial charge in [-0.05, 0) is 26.2 Å². The number of nitrogens with zero attached hydrogens (tertiary/aromatic N) is 2. The van der Waals surface area contributed by atoms with Gasteiger partial charge >= 0.3 is 5.69 Å². The summed E-state index contributed by atoms with van der Waals surface area (Å²) in [7, 11) is 0.202. The molecule has 1 aromatic carbocycles. The van der Waals surface area contributed by atoms with Crippen molar-refractivity contribution in [2.45, 2.75) is 9.79 Å². The number of para-hydroxylation sites is 1. The minimum Gasteiger partial charge on any atom is -0.309 e. The van der Waals surface area contributed by atoms with E-state index in [2.05, 4.69) is 0 Å². The Morgan fingerprint density at radius 1 is 1.37 bits per heavy atom. The normalized spacial score (nSPS) is 11.8. The molecule has 6 nitrogen and oxygen atoms in total. The maximum Gasteiger partial charge on any atom is 0.301 e. The summed E-state index contributed by atoms with van der Waals surface area (Å²) in [4.78, 5) is 12.6. The molecule has 1 rings (SSSR count). The molecule has 1 aromatic rings. The first-order valence-electron chi connectivity index (χ1n) is 5.48. The molecule has 0 aliphatic carbocycles. The van der Waals surface area contributed by atoms with Crippen molar-refractivity contribution in [3.63, 3.8) is 0 Å². The number of thioether (sulfide) groups is 1. The Morgan fingerprint density at radius 2 is 2.00 bits per heavy atom. The van der Waals surface area contributed by atoms with Crippen LogP contribution in [-0.2, 0) is 9.84 Å². The van der Waals surface area contributed by atoms with Gasteiger partial charge in [-0.3, -0.25) is 10.1 Å². The highest BCUT2D eigenvalue weighted by molar-refractivity contribution is 7.99. The number of nitro groups is 1. The van der Waals surface area contributed by atoms with E-state index in [0.29, 0.717) is 10.6 Å². The van der Waals surface area contributed by atoms with Crippen LogP contribution in [0.1, 0.15) is 0 Å². The van der Waals surface area contributed by atoms with Crippen LogP contribution in [0.5, 0.6) is 0 Å². The quantitative estimate of drug-likeness (QED) is 0.451. The van der Waals surface area contributed by atoms with Gasteiger partial charge in [-0.1, -0.05) is 6.07 Å². The first-order valence-corrected chi connectivity index (χ1v) is 8.36. The Balaban J connectivity index is 3.15. The summed E-state index contributed by atoms with van der Waals surface area (Å²) in [5.41, 5.74) is -0.325. The molecular weight excluding hydrogens is 288 g/mol. The topological polar surface area (TPSA) is 80.5 Å². The van der Waals surface area contributed by atoms with Gasteiger partial charge in [0.05, 0.1) is 9.82 Å². The van der Waals surface area contributed by atoms with Crippen molar-refractivity contribution in [2.24, 2.45) is 0 Å². The van der Waals surface area contributed by atoms with Gasteiger partial charge in [0, 0.05) is 18.6 Å². The third kappa shape index (κ3) is 4.48. The summed E-state index contributed by atoms with van der Waals surface area (Å²) in [6, 6.07) is 4.37. The van der Waals surface area contributed by atoms with Crippen molar-refractivity contribution >= 4 is 27.3 Å². The van der Waals surface area contributed by atoms with Gasteiger partial charge in [0.25, 0.3) is 0 Å². The van der Waals surface area contributed by atoms with Crippen molar-refractivity contribution in [1.29, 1.82) is 0 Å². The fraction of sp³-hybridized carbons (Fsp3) is 0.455. The van der Waals surface area contributed by atoms with Gasteiger partial charge in [0.1, 0.15) is 4.90 Å². The second-order valence-corrected chi connectivity index (χ2v) is 7.40. The van der Waals surface area contributed by atoms with Gasteiger partial charge in [-0.2, -0.15) is 0 Å². The Hall–Kier alpha value is -1.12. The smallest absolute Gasteiger partial charge is 0.301 e. The third-order valence-corrected chi connectivity index (χ3v) is 4.50. The van der Waals surface area contributed by atoms with Crippen LogP contribution >= 0.6 is 11.8 Å². The first-order chi connectivity index (χ1) is 8.73. The van der Waals surface area contributed by atoms with Crippen molar-refractivity contribution in [3.8, 4) is 0 Å². The van der Waals surface area contributed by atoms with Crippen LogP contribution in [-0.4, -0.2) is 50.9 Å². The summed E-state index contributed by atoms with van der Waals surface area (Å²) in [6.45, 7) is 0.755. The number of hydrogen-bond donors (Lipinski definition) is 0. The molecular formula is C11H16N2O4S2. The number of nitro benzene ring substituents is 1. The second kappa shape index (κ2) is 6.36. The lowest BCUT2D eigenvalue weighted by Gasteiger charge is -2.10. The monoisotopic (exact) mass is 304 g/mol. The molecule has 0 heterocycles. The lowest BCUT2D eigenvalue weighted by Crippen LogP contribution is -2.14. The van der Waals surface area contributed by atoms with Crippen LogP contribution in [0.15, 0.2) is 28.0 Å². The first kappa shape index (κ1) is 15.9. The van der Waals surface area contributed by atoms with Gasteiger partial charge < -0.3 is 4.90 Å². The maximum atomic E-state index is 11.6. The zero-order chi connectivity index (χ0) is 14.6. The Kier molecular flexibility index (Phi) is 5.33. The predicted octanol–water partition coefficient (Wildman–Crippen LogP) is 1.65. The number of hydrogen-bond acceptors (Lipinski definition) is 6. The molecule has 0 aliphatic heterocycles. The highest BCUT2D eigenvalue weighted by Gasteiger charge is 2.25. The zero-order valence-electron chi connectivity index (χ0n) is 11.0. The Bertz CT molecular complexity index is 570. The van der Waals surface area contributed by atoms with E-state index >= 15 is 0 Å². The average Bonchev–Trinajstić information content (AvgIpc) is 2.26. The fourth-order valence-corrected chi connectivity index (χ4v) is 3.53. The molecule has 0 unspecified atom stereocenters. The van der Waals surface area contributed by atoms with E-state index < -0.39 is 14.8 Å². The minimum absolute atomic E-state index is 0.229. The van der Waals surface area contributed by atoms with Gasteiger partial charge in [0.15, 0.2) is 9.84 Å². The maximum absolute atomic E-state index is 11.6. The standard InChI is InChI=1S/C11H16N2O4S2/c1-12(2)7-8-18-9-5-4-6-10(19(3,16)17)11(9)13(14)15/h4-6H,7-8H2,1-3H3. The van der Waals surface area contributed by atoms with E-state index in [4.69, 9.17) is 0 Å². The molecule has 0 aromatic heterocycles. The number of rotatable bonds is 6. The zero-order valence-corrected chi connectivity index (χ0v) is 12.6. The largest absolute Gasteiger partial charge is 0.309 e. The van der Waals surface area contributed by atoms with Crippen molar-refractivity contribution in [3.05, 3.63) is 28.3 Å².